The van der Waals surface area contributed by atoms with Crippen LogP contribution in [0.5, 0.6) is 0 Å². The average molecular weight is 887 g/mol. The average Bonchev–Trinajstić information content (AvgIpc) is 3.28. The lowest BCUT2D eigenvalue weighted by molar-refractivity contribution is -0.167. The van der Waals surface area contributed by atoms with E-state index in [0.29, 0.717) is 19.3 Å². The van der Waals surface area contributed by atoms with Crippen molar-refractivity contribution < 1.29 is 28.6 Å². The highest BCUT2D eigenvalue weighted by atomic mass is 16.6. The highest BCUT2D eigenvalue weighted by molar-refractivity contribution is 5.71. The molecule has 370 valence electrons. The second-order valence-electron chi connectivity index (χ2n) is 18.9. The molecule has 1 atom stereocenters. The molecule has 0 aromatic rings. The fourth-order valence-corrected chi connectivity index (χ4v) is 8.24. The number of carbonyl (C=O) groups is 3. The maximum absolute atomic E-state index is 12.8. The van der Waals surface area contributed by atoms with E-state index in [9.17, 15) is 14.4 Å². The normalized spacial score (nSPS) is 12.1. The van der Waals surface area contributed by atoms with Crippen LogP contribution in [0, 0.1) is 0 Å². The van der Waals surface area contributed by atoms with Gasteiger partial charge in [0.05, 0.1) is 0 Å². The molecule has 63 heavy (non-hydrogen) atoms. The number of ether oxygens (including phenoxy) is 3. The molecule has 0 aliphatic rings. The van der Waals surface area contributed by atoms with E-state index in [0.717, 1.165) is 77.0 Å². The van der Waals surface area contributed by atoms with Crippen molar-refractivity contribution in [3.63, 3.8) is 0 Å². The van der Waals surface area contributed by atoms with Crippen molar-refractivity contribution in [2.24, 2.45) is 0 Å². The third-order valence-corrected chi connectivity index (χ3v) is 12.5. The van der Waals surface area contributed by atoms with Crippen LogP contribution in [0.1, 0.15) is 303 Å². The lowest BCUT2D eigenvalue weighted by atomic mass is 10.0. The molecule has 0 aromatic heterocycles. The van der Waals surface area contributed by atoms with Crippen LogP contribution in [0.25, 0.3) is 0 Å². The van der Waals surface area contributed by atoms with Crippen LogP contribution >= 0.6 is 0 Å². The zero-order chi connectivity index (χ0) is 45.8. The molecule has 0 saturated carbocycles. The van der Waals surface area contributed by atoms with Gasteiger partial charge in [-0.2, -0.15) is 0 Å². The molecule has 0 aromatic carbocycles. The van der Waals surface area contributed by atoms with E-state index in [1.54, 1.807) is 0 Å². The first-order valence-electron chi connectivity index (χ1n) is 27.8. The Labute approximate surface area is 392 Å². The summed E-state index contributed by atoms with van der Waals surface area (Å²) >= 11 is 0. The molecule has 6 nitrogen and oxygen atoms in total. The minimum Gasteiger partial charge on any atom is -0.462 e. The van der Waals surface area contributed by atoms with Crippen molar-refractivity contribution in [3.8, 4) is 0 Å². The lowest BCUT2D eigenvalue weighted by Crippen LogP contribution is -2.30. The molecule has 0 heterocycles. The molecule has 6 heteroatoms. The Bertz CT molecular complexity index is 1020. The van der Waals surface area contributed by atoms with E-state index in [2.05, 4.69) is 45.1 Å². The van der Waals surface area contributed by atoms with Crippen molar-refractivity contribution in [1.29, 1.82) is 0 Å². The SMILES string of the molecule is CCCCC/C=C\C/C=C\CCCCCCCC(=O)O[C@H](COC(=O)CCCCCCCCCCCCCCCC)COC(=O)CCCCCCCCCCCCCCCCCC. The molecular formula is C57H106O6. The van der Waals surface area contributed by atoms with Crippen molar-refractivity contribution in [2.75, 3.05) is 13.2 Å². The van der Waals surface area contributed by atoms with Gasteiger partial charge < -0.3 is 14.2 Å². The Morgan fingerprint density at radius 2 is 0.571 bits per heavy atom. The van der Waals surface area contributed by atoms with Crippen LogP contribution in [-0.2, 0) is 28.6 Å². The van der Waals surface area contributed by atoms with Gasteiger partial charge in [-0.05, 0) is 51.4 Å². The first kappa shape index (κ1) is 60.9. The van der Waals surface area contributed by atoms with Crippen LogP contribution in [0.4, 0.5) is 0 Å². The molecule has 0 N–H and O–H groups in total. The summed E-state index contributed by atoms with van der Waals surface area (Å²) in [6.07, 6.45) is 60.1. The second-order valence-corrected chi connectivity index (χ2v) is 18.9. The highest BCUT2D eigenvalue weighted by Crippen LogP contribution is 2.17. The molecule has 0 radical (unpaired) electrons. The smallest absolute Gasteiger partial charge is 0.306 e. The quantitative estimate of drug-likeness (QED) is 0.0262. The largest absolute Gasteiger partial charge is 0.462 e. The zero-order valence-corrected chi connectivity index (χ0v) is 42.4. The molecule has 0 saturated heterocycles. The van der Waals surface area contributed by atoms with Gasteiger partial charge in [-0.25, -0.2) is 0 Å². The first-order valence-corrected chi connectivity index (χ1v) is 27.8. The van der Waals surface area contributed by atoms with Gasteiger partial charge in [-0.3, -0.25) is 14.4 Å². The topological polar surface area (TPSA) is 78.9 Å². The molecule has 0 unspecified atom stereocenters. The summed E-state index contributed by atoms with van der Waals surface area (Å²) < 4.78 is 16.8. The molecule has 0 aliphatic heterocycles. The van der Waals surface area contributed by atoms with E-state index < -0.39 is 6.10 Å². The summed E-state index contributed by atoms with van der Waals surface area (Å²) in [7, 11) is 0. The first-order chi connectivity index (χ1) is 31.0. The van der Waals surface area contributed by atoms with Crippen LogP contribution in [-0.4, -0.2) is 37.2 Å². The van der Waals surface area contributed by atoms with Crippen molar-refractivity contribution in [1.82, 2.24) is 0 Å². The number of carbonyl (C=O) groups excluding carboxylic acids is 3. The Morgan fingerprint density at radius 3 is 0.905 bits per heavy atom. The van der Waals surface area contributed by atoms with Gasteiger partial charge in [0.2, 0.25) is 0 Å². The van der Waals surface area contributed by atoms with E-state index in [4.69, 9.17) is 14.2 Å². The van der Waals surface area contributed by atoms with Crippen LogP contribution in [0.15, 0.2) is 24.3 Å². The van der Waals surface area contributed by atoms with Gasteiger partial charge in [0.15, 0.2) is 6.10 Å². The maximum Gasteiger partial charge on any atom is 0.306 e. The predicted molar refractivity (Wildman–Crippen MR) is 270 cm³/mol. The number of unbranched alkanes of at least 4 members (excludes halogenated alkanes) is 36. The van der Waals surface area contributed by atoms with Gasteiger partial charge in [0.25, 0.3) is 0 Å². The third-order valence-electron chi connectivity index (χ3n) is 12.5. The number of allylic oxidation sites excluding steroid dienone is 4. The van der Waals surface area contributed by atoms with Crippen molar-refractivity contribution >= 4 is 17.9 Å². The summed E-state index contributed by atoms with van der Waals surface area (Å²) in [6, 6.07) is 0. The zero-order valence-electron chi connectivity index (χ0n) is 42.4. The Morgan fingerprint density at radius 1 is 0.317 bits per heavy atom. The fraction of sp³-hybridized carbons (Fsp3) is 0.877. The standard InChI is InChI=1S/C57H106O6/c1-4-7-10-13-16-19-22-25-28-30-32-35-38-41-44-47-50-56(59)62-53-54(52-61-55(58)49-46-43-40-37-34-31-27-24-21-18-15-12-9-6-3)63-57(60)51-48-45-42-39-36-33-29-26-23-20-17-14-11-8-5-2/h17,20,26,29,54H,4-16,18-19,21-25,27-28,30-53H2,1-3H3/b20-17-,29-26-/t54-/m1/s1. The number of hydrogen-bond acceptors (Lipinski definition) is 6. The van der Waals surface area contributed by atoms with Gasteiger partial charge in [-0.1, -0.05) is 257 Å². The molecule has 0 fully saturated rings. The Hall–Kier alpha value is -2.11. The summed E-state index contributed by atoms with van der Waals surface area (Å²) in [5, 5.41) is 0. The minimum atomic E-state index is -0.773. The summed E-state index contributed by atoms with van der Waals surface area (Å²) in [6.45, 7) is 6.64. The molecular weight excluding hydrogens is 781 g/mol. The van der Waals surface area contributed by atoms with Crippen molar-refractivity contribution in [2.45, 2.75) is 309 Å². The minimum absolute atomic E-state index is 0.0717. The summed E-state index contributed by atoms with van der Waals surface area (Å²) in [5.74, 6) is -0.866. The maximum atomic E-state index is 12.8. The van der Waals surface area contributed by atoms with E-state index in [1.807, 2.05) is 0 Å². The summed E-state index contributed by atoms with van der Waals surface area (Å²) in [4.78, 5) is 38.1. The predicted octanol–water partition coefficient (Wildman–Crippen LogP) is 18.3. The van der Waals surface area contributed by atoms with Crippen LogP contribution in [0.3, 0.4) is 0 Å². The number of rotatable bonds is 51. The molecule has 0 amide bonds. The highest BCUT2D eigenvalue weighted by Gasteiger charge is 2.19. The van der Waals surface area contributed by atoms with Crippen molar-refractivity contribution in [3.05, 3.63) is 24.3 Å². The molecule has 0 spiro atoms. The number of hydrogen-bond donors (Lipinski definition) is 0. The monoisotopic (exact) mass is 887 g/mol. The second kappa shape index (κ2) is 52.5. The van der Waals surface area contributed by atoms with Gasteiger partial charge in [0, 0.05) is 19.3 Å². The van der Waals surface area contributed by atoms with Gasteiger partial charge in [-0.15, -0.1) is 0 Å². The van der Waals surface area contributed by atoms with Crippen LogP contribution in [0.2, 0.25) is 0 Å². The van der Waals surface area contributed by atoms with Gasteiger partial charge in [0.1, 0.15) is 13.2 Å². The Balaban J connectivity index is 4.35. The Kier molecular flexibility index (Phi) is 50.8. The molecule has 0 rings (SSSR count). The fourth-order valence-electron chi connectivity index (χ4n) is 8.24. The van der Waals surface area contributed by atoms with Gasteiger partial charge >= 0.3 is 17.9 Å². The van der Waals surface area contributed by atoms with Crippen LogP contribution < -0.4 is 0 Å². The molecule has 0 aliphatic carbocycles. The number of esters is 3. The van der Waals surface area contributed by atoms with E-state index in [1.165, 1.54) is 186 Å². The lowest BCUT2D eigenvalue weighted by Gasteiger charge is -2.18. The molecule has 0 bridgehead atoms. The van der Waals surface area contributed by atoms with E-state index >= 15 is 0 Å². The van der Waals surface area contributed by atoms with E-state index in [-0.39, 0.29) is 31.1 Å². The third kappa shape index (κ3) is 50.7. The summed E-state index contributed by atoms with van der Waals surface area (Å²) in [5.41, 5.74) is 0.